The standard InChI is InChI=1S/C21H15FN2OS/c22-18-8-4-3-7-16(18)12-20(25)24-21-23-19(13-26-21)17-10-9-14-5-1-2-6-15(14)11-17/h1-11,13H,12H2,(H,23,24,25). The van der Waals surface area contributed by atoms with Crippen molar-refractivity contribution >= 4 is 33.1 Å². The minimum atomic E-state index is -0.376. The van der Waals surface area contributed by atoms with E-state index in [2.05, 4.69) is 34.6 Å². The summed E-state index contributed by atoms with van der Waals surface area (Å²) in [5.41, 5.74) is 2.17. The molecule has 0 fully saturated rings. The molecule has 4 aromatic rings. The molecular weight excluding hydrogens is 347 g/mol. The molecule has 0 aliphatic rings. The molecule has 0 saturated carbocycles. The average Bonchev–Trinajstić information content (AvgIpc) is 3.11. The third kappa shape index (κ3) is 3.48. The Morgan fingerprint density at radius 3 is 2.62 bits per heavy atom. The van der Waals surface area contributed by atoms with Crippen molar-refractivity contribution in [3.63, 3.8) is 0 Å². The molecule has 128 valence electrons. The number of nitrogens with zero attached hydrogens (tertiary/aromatic N) is 1. The maximum absolute atomic E-state index is 13.6. The van der Waals surface area contributed by atoms with E-state index in [0.717, 1.165) is 16.6 Å². The van der Waals surface area contributed by atoms with Gasteiger partial charge in [-0.3, -0.25) is 4.79 Å². The summed E-state index contributed by atoms with van der Waals surface area (Å²) in [5, 5.41) is 7.47. The largest absolute Gasteiger partial charge is 0.302 e. The van der Waals surface area contributed by atoms with E-state index in [1.165, 1.54) is 22.8 Å². The number of fused-ring (bicyclic) bond motifs is 1. The minimum Gasteiger partial charge on any atom is -0.302 e. The zero-order valence-electron chi connectivity index (χ0n) is 13.8. The second kappa shape index (κ2) is 7.06. The number of carbonyl (C=O) groups is 1. The number of rotatable bonds is 4. The Labute approximate surface area is 154 Å². The highest BCUT2D eigenvalue weighted by atomic mass is 32.1. The van der Waals surface area contributed by atoms with Crippen molar-refractivity contribution in [1.29, 1.82) is 0 Å². The van der Waals surface area contributed by atoms with Gasteiger partial charge in [-0.05, 0) is 28.5 Å². The molecule has 0 atom stereocenters. The van der Waals surface area contributed by atoms with E-state index in [-0.39, 0.29) is 18.1 Å². The molecule has 3 aromatic carbocycles. The molecule has 0 radical (unpaired) electrons. The zero-order valence-corrected chi connectivity index (χ0v) is 14.6. The van der Waals surface area contributed by atoms with Gasteiger partial charge in [0.15, 0.2) is 5.13 Å². The van der Waals surface area contributed by atoms with Gasteiger partial charge in [-0.25, -0.2) is 9.37 Å². The van der Waals surface area contributed by atoms with Gasteiger partial charge in [0.2, 0.25) is 5.91 Å². The predicted octanol–water partition coefficient (Wildman–Crippen LogP) is 5.28. The third-order valence-corrected chi connectivity index (χ3v) is 4.86. The zero-order chi connectivity index (χ0) is 17.9. The van der Waals surface area contributed by atoms with Crippen LogP contribution < -0.4 is 5.32 Å². The number of aromatic nitrogens is 1. The molecule has 0 unspecified atom stereocenters. The van der Waals surface area contributed by atoms with Crippen molar-refractivity contribution in [2.75, 3.05) is 5.32 Å². The van der Waals surface area contributed by atoms with Crippen molar-refractivity contribution in [3.05, 3.63) is 83.5 Å². The van der Waals surface area contributed by atoms with E-state index in [0.29, 0.717) is 10.7 Å². The van der Waals surface area contributed by atoms with E-state index in [1.807, 2.05) is 23.6 Å². The highest BCUT2D eigenvalue weighted by Crippen LogP contribution is 2.27. The van der Waals surface area contributed by atoms with Crippen LogP contribution in [0.5, 0.6) is 0 Å². The van der Waals surface area contributed by atoms with Crippen LogP contribution >= 0.6 is 11.3 Å². The lowest BCUT2D eigenvalue weighted by Crippen LogP contribution is -2.15. The van der Waals surface area contributed by atoms with E-state index < -0.39 is 0 Å². The molecule has 26 heavy (non-hydrogen) atoms. The molecule has 1 aromatic heterocycles. The third-order valence-electron chi connectivity index (χ3n) is 4.10. The van der Waals surface area contributed by atoms with Crippen LogP contribution in [-0.2, 0) is 11.2 Å². The first-order valence-electron chi connectivity index (χ1n) is 8.17. The van der Waals surface area contributed by atoms with Gasteiger partial charge >= 0.3 is 0 Å². The Morgan fingerprint density at radius 1 is 1.00 bits per heavy atom. The van der Waals surface area contributed by atoms with Crippen LogP contribution in [-0.4, -0.2) is 10.9 Å². The number of amides is 1. The summed E-state index contributed by atoms with van der Waals surface area (Å²) in [6, 6.07) is 20.6. The Bertz CT molecular complexity index is 1090. The Kier molecular flexibility index (Phi) is 4.46. The molecule has 1 heterocycles. The van der Waals surface area contributed by atoms with Gasteiger partial charge in [-0.15, -0.1) is 11.3 Å². The van der Waals surface area contributed by atoms with E-state index in [9.17, 15) is 9.18 Å². The molecule has 5 heteroatoms. The van der Waals surface area contributed by atoms with Crippen molar-refractivity contribution < 1.29 is 9.18 Å². The van der Waals surface area contributed by atoms with Crippen LogP contribution in [0.1, 0.15) is 5.56 Å². The Hall–Kier alpha value is -3.05. The SMILES string of the molecule is O=C(Cc1ccccc1F)Nc1nc(-c2ccc3ccccc3c2)cs1. The molecule has 0 bridgehead atoms. The van der Waals surface area contributed by atoms with Crippen LogP contribution in [0, 0.1) is 5.82 Å². The smallest absolute Gasteiger partial charge is 0.230 e. The first-order valence-corrected chi connectivity index (χ1v) is 9.05. The van der Waals surface area contributed by atoms with Gasteiger partial charge in [-0.1, -0.05) is 54.6 Å². The monoisotopic (exact) mass is 362 g/mol. The summed E-state index contributed by atoms with van der Waals surface area (Å²) >= 11 is 1.36. The number of halogens is 1. The van der Waals surface area contributed by atoms with E-state index >= 15 is 0 Å². The number of thiazole rings is 1. The molecule has 0 saturated heterocycles. The van der Waals surface area contributed by atoms with Crippen molar-refractivity contribution in [1.82, 2.24) is 4.98 Å². The molecule has 1 N–H and O–H groups in total. The fourth-order valence-corrected chi connectivity index (χ4v) is 3.53. The van der Waals surface area contributed by atoms with Crippen molar-refractivity contribution in [2.24, 2.45) is 0 Å². The van der Waals surface area contributed by atoms with Crippen LogP contribution in [0.2, 0.25) is 0 Å². The van der Waals surface area contributed by atoms with Gasteiger partial charge in [0.05, 0.1) is 12.1 Å². The Balaban J connectivity index is 1.50. The molecule has 0 spiro atoms. The molecule has 1 amide bonds. The van der Waals surface area contributed by atoms with Crippen LogP contribution in [0.4, 0.5) is 9.52 Å². The highest BCUT2D eigenvalue weighted by molar-refractivity contribution is 7.14. The fraction of sp³-hybridized carbons (Fsp3) is 0.0476. The van der Waals surface area contributed by atoms with Gasteiger partial charge in [-0.2, -0.15) is 0 Å². The normalized spacial score (nSPS) is 10.8. The number of anilines is 1. The average molecular weight is 362 g/mol. The second-order valence-electron chi connectivity index (χ2n) is 5.92. The number of hydrogen-bond acceptors (Lipinski definition) is 3. The second-order valence-corrected chi connectivity index (χ2v) is 6.77. The van der Waals surface area contributed by atoms with Crippen molar-refractivity contribution in [3.8, 4) is 11.3 Å². The number of hydrogen-bond donors (Lipinski definition) is 1. The summed E-state index contributed by atoms with van der Waals surface area (Å²) in [4.78, 5) is 16.6. The van der Waals surface area contributed by atoms with E-state index in [4.69, 9.17) is 0 Å². The van der Waals surface area contributed by atoms with Crippen LogP contribution in [0.15, 0.2) is 72.1 Å². The summed E-state index contributed by atoms with van der Waals surface area (Å²) in [6.45, 7) is 0. The summed E-state index contributed by atoms with van der Waals surface area (Å²) < 4.78 is 13.6. The first-order chi connectivity index (χ1) is 12.7. The topological polar surface area (TPSA) is 42.0 Å². The minimum absolute atomic E-state index is 0.0163. The van der Waals surface area contributed by atoms with Crippen LogP contribution in [0.3, 0.4) is 0 Å². The maximum atomic E-state index is 13.6. The fourth-order valence-electron chi connectivity index (χ4n) is 2.79. The molecule has 0 aliphatic heterocycles. The summed E-state index contributed by atoms with van der Waals surface area (Å²) in [6.07, 6.45) is -0.0163. The maximum Gasteiger partial charge on any atom is 0.230 e. The molecular formula is C21H15FN2OS. The van der Waals surface area contributed by atoms with Crippen molar-refractivity contribution in [2.45, 2.75) is 6.42 Å². The van der Waals surface area contributed by atoms with Crippen LogP contribution in [0.25, 0.3) is 22.0 Å². The molecule has 3 nitrogen and oxygen atoms in total. The quantitative estimate of drug-likeness (QED) is 0.536. The number of benzene rings is 3. The van der Waals surface area contributed by atoms with Gasteiger partial charge in [0.1, 0.15) is 5.82 Å². The highest BCUT2D eigenvalue weighted by Gasteiger charge is 2.11. The lowest BCUT2D eigenvalue weighted by Gasteiger charge is -2.03. The first kappa shape index (κ1) is 16.4. The predicted molar refractivity (Wildman–Crippen MR) is 104 cm³/mol. The summed E-state index contributed by atoms with van der Waals surface area (Å²) in [5.74, 6) is -0.659. The molecule has 0 aliphatic carbocycles. The molecule has 4 rings (SSSR count). The lowest BCUT2D eigenvalue weighted by atomic mass is 10.1. The van der Waals surface area contributed by atoms with Gasteiger partial charge < -0.3 is 5.32 Å². The van der Waals surface area contributed by atoms with E-state index in [1.54, 1.807) is 18.2 Å². The Morgan fingerprint density at radius 2 is 1.77 bits per heavy atom. The van der Waals surface area contributed by atoms with Gasteiger partial charge in [0.25, 0.3) is 0 Å². The number of carbonyl (C=O) groups excluding carboxylic acids is 1. The van der Waals surface area contributed by atoms with Gasteiger partial charge in [0, 0.05) is 10.9 Å². The summed E-state index contributed by atoms with van der Waals surface area (Å²) in [7, 11) is 0. The lowest BCUT2D eigenvalue weighted by molar-refractivity contribution is -0.115. The number of nitrogens with one attached hydrogen (secondary N) is 1.